The Hall–Kier alpha value is -2.41. The topological polar surface area (TPSA) is 60.3 Å². The van der Waals surface area contributed by atoms with Gasteiger partial charge in [-0.05, 0) is 49.6 Å². The van der Waals surface area contributed by atoms with Gasteiger partial charge in [0.15, 0.2) is 0 Å². The van der Waals surface area contributed by atoms with Crippen molar-refractivity contribution in [2.24, 2.45) is 7.05 Å². The fourth-order valence-electron chi connectivity index (χ4n) is 4.05. The number of hydrogen-bond donors (Lipinski definition) is 1. The molecule has 0 unspecified atom stereocenters. The number of carbonyl (C=O) groups excluding carboxylic acids is 1. The SMILES string of the molecule is CCNC(=O)C[C@H]1O[C@H](c2ccc(Cl)cc2)c2c(sc(C)c2C)-c2cn(C)c(=O)cc21. The lowest BCUT2D eigenvalue weighted by Crippen LogP contribution is -2.26. The lowest BCUT2D eigenvalue weighted by Gasteiger charge is -2.24. The van der Waals surface area contributed by atoms with E-state index in [2.05, 4.69) is 19.2 Å². The van der Waals surface area contributed by atoms with Crippen molar-refractivity contribution in [2.45, 2.75) is 39.4 Å². The van der Waals surface area contributed by atoms with Gasteiger partial charge in [-0.25, -0.2) is 0 Å². The molecule has 2 atom stereocenters. The minimum Gasteiger partial charge on any atom is -0.360 e. The molecule has 1 N–H and O–H groups in total. The summed E-state index contributed by atoms with van der Waals surface area (Å²) in [6.45, 7) is 6.63. The van der Waals surface area contributed by atoms with Crippen LogP contribution in [0.3, 0.4) is 0 Å². The molecular formula is C24H25ClN2O3S. The third-order valence-corrected chi connectivity index (χ3v) is 7.27. The van der Waals surface area contributed by atoms with Crippen molar-refractivity contribution in [3.8, 4) is 10.4 Å². The van der Waals surface area contributed by atoms with Gasteiger partial charge >= 0.3 is 0 Å². The van der Waals surface area contributed by atoms with Crippen LogP contribution in [-0.2, 0) is 16.6 Å². The number of fused-ring (bicyclic) bond motifs is 3. The normalized spacial score (nSPS) is 17.6. The maximum Gasteiger partial charge on any atom is 0.250 e. The first-order valence-electron chi connectivity index (χ1n) is 10.3. The van der Waals surface area contributed by atoms with Crippen LogP contribution in [0, 0.1) is 13.8 Å². The van der Waals surface area contributed by atoms with Crippen LogP contribution in [-0.4, -0.2) is 17.0 Å². The lowest BCUT2D eigenvalue weighted by atomic mass is 9.95. The van der Waals surface area contributed by atoms with Crippen LogP contribution in [0.2, 0.25) is 5.02 Å². The molecule has 31 heavy (non-hydrogen) atoms. The van der Waals surface area contributed by atoms with Crippen LogP contribution in [0.4, 0.5) is 0 Å². The highest BCUT2D eigenvalue weighted by Gasteiger charge is 2.35. The molecule has 0 saturated carbocycles. The number of hydrogen-bond acceptors (Lipinski definition) is 4. The molecule has 0 bridgehead atoms. The summed E-state index contributed by atoms with van der Waals surface area (Å²) in [7, 11) is 1.75. The summed E-state index contributed by atoms with van der Waals surface area (Å²) >= 11 is 7.83. The summed E-state index contributed by atoms with van der Waals surface area (Å²) in [5.41, 5.74) is 4.80. The summed E-state index contributed by atoms with van der Waals surface area (Å²) in [6, 6.07) is 9.22. The molecule has 0 spiro atoms. The molecule has 1 amide bonds. The first kappa shape index (κ1) is 21.8. The molecule has 2 aromatic heterocycles. The van der Waals surface area contributed by atoms with Gasteiger partial charge in [-0.1, -0.05) is 23.7 Å². The number of pyridine rings is 1. The first-order chi connectivity index (χ1) is 14.8. The number of aromatic nitrogens is 1. The van der Waals surface area contributed by atoms with Crippen molar-refractivity contribution in [3.63, 3.8) is 0 Å². The fourth-order valence-corrected chi connectivity index (χ4v) is 5.39. The molecule has 5 nitrogen and oxygen atoms in total. The number of nitrogens with one attached hydrogen (secondary N) is 1. The van der Waals surface area contributed by atoms with Gasteiger partial charge in [-0.2, -0.15) is 0 Å². The van der Waals surface area contributed by atoms with Crippen LogP contribution >= 0.6 is 22.9 Å². The Bertz CT molecular complexity index is 1200. The second kappa shape index (κ2) is 8.61. The third-order valence-electron chi connectivity index (χ3n) is 5.76. The number of ether oxygens (including phenoxy) is 1. The van der Waals surface area contributed by atoms with Gasteiger partial charge in [-0.3, -0.25) is 9.59 Å². The number of rotatable bonds is 4. The van der Waals surface area contributed by atoms with Gasteiger partial charge in [0.2, 0.25) is 5.91 Å². The predicted molar refractivity (Wildman–Crippen MR) is 125 cm³/mol. The molecule has 4 rings (SSSR count). The van der Waals surface area contributed by atoms with Crippen LogP contribution < -0.4 is 10.9 Å². The maximum atomic E-state index is 12.5. The number of carbonyl (C=O) groups is 1. The van der Waals surface area contributed by atoms with E-state index in [0.717, 1.165) is 27.1 Å². The molecule has 0 fully saturated rings. The van der Waals surface area contributed by atoms with Crippen LogP contribution in [0.1, 0.15) is 52.7 Å². The Morgan fingerprint density at radius 3 is 2.65 bits per heavy atom. The minimum atomic E-state index is -0.546. The molecule has 1 aromatic carbocycles. The highest BCUT2D eigenvalue weighted by atomic mass is 35.5. The van der Waals surface area contributed by atoms with E-state index in [-0.39, 0.29) is 24.0 Å². The number of nitrogens with zero attached hydrogens (tertiary/aromatic N) is 1. The zero-order valence-corrected chi connectivity index (χ0v) is 19.6. The van der Waals surface area contributed by atoms with E-state index in [4.69, 9.17) is 16.3 Å². The molecule has 0 radical (unpaired) electrons. The Morgan fingerprint density at radius 1 is 1.26 bits per heavy atom. The summed E-state index contributed by atoms with van der Waals surface area (Å²) in [5.74, 6) is -0.104. The van der Waals surface area contributed by atoms with Crippen LogP contribution in [0.25, 0.3) is 10.4 Å². The van der Waals surface area contributed by atoms with E-state index >= 15 is 0 Å². The van der Waals surface area contributed by atoms with Gasteiger partial charge < -0.3 is 14.6 Å². The van der Waals surface area contributed by atoms with E-state index in [0.29, 0.717) is 11.6 Å². The fraction of sp³-hybridized carbons (Fsp3) is 0.333. The Kier molecular flexibility index (Phi) is 6.06. The smallest absolute Gasteiger partial charge is 0.250 e. The largest absolute Gasteiger partial charge is 0.360 e. The summed E-state index contributed by atoms with van der Waals surface area (Å²) < 4.78 is 8.23. The summed E-state index contributed by atoms with van der Waals surface area (Å²) in [6.07, 6.45) is 1.09. The van der Waals surface area contributed by atoms with Crippen LogP contribution in [0.15, 0.2) is 41.3 Å². The van der Waals surface area contributed by atoms with E-state index in [1.807, 2.05) is 37.4 Å². The molecule has 0 aliphatic carbocycles. The molecule has 7 heteroatoms. The Labute approximate surface area is 190 Å². The van der Waals surface area contributed by atoms with E-state index in [1.165, 1.54) is 10.4 Å². The average molecular weight is 457 g/mol. The van der Waals surface area contributed by atoms with Crippen molar-refractivity contribution in [1.82, 2.24) is 9.88 Å². The molecular weight excluding hydrogens is 432 g/mol. The lowest BCUT2D eigenvalue weighted by molar-refractivity contribution is -0.124. The van der Waals surface area contributed by atoms with Gasteiger partial charge in [0, 0.05) is 51.8 Å². The van der Waals surface area contributed by atoms with E-state index in [9.17, 15) is 9.59 Å². The number of amides is 1. The second-order valence-electron chi connectivity index (χ2n) is 7.83. The number of aryl methyl sites for hydroxylation is 2. The Balaban J connectivity index is 1.95. The minimum absolute atomic E-state index is 0.104. The zero-order chi connectivity index (χ0) is 22.3. The maximum absolute atomic E-state index is 12.5. The quantitative estimate of drug-likeness (QED) is 0.596. The molecule has 3 aromatic rings. The van der Waals surface area contributed by atoms with Gasteiger partial charge in [-0.15, -0.1) is 11.3 Å². The zero-order valence-electron chi connectivity index (χ0n) is 18.0. The number of halogens is 1. The highest BCUT2D eigenvalue weighted by Crippen LogP contribution is 2.50. The number of thiophene rings is 1. The predicted octanol–water partition coefficient (Wildman–Crippen LogP) is 5.07. The van der Waals surface area contributed by atoms with Crippen molar-refractivity contribution < 1.29 is 9.53 Å². The Morgan fingerprint density at radius 2 is 1.97 bits per heavy atom. The van der Waals surface area contributed by atoms with Crippen molar-refractivity contribution in [1.29, 1.82) is 0 Å². The molecule has 1 aliphatic heterocycles. The first-order valence-corrected chi connectivity index (χ1v) is 11.5. The molecule has 0 saturated heterocycles. The van der Waals surface area contributed by atoms with Crippen LogP contribution in [0.5, 0.6) is 0 Å². The van der Waals surface area contributed by atoms with E-state index in [1.54, 1.807) is 29.0 Å². The van der Waals surface area contributed by atoms with Crippen molar-refractivity contribution in [3.05, 3.63) is 79.0 Å². The van der Waals surface area contributed by atoms with Crippen molar-refractivity contribution >= 4 is 28.8 Å². The van der Waals surface area contributed by atoms with Gasteiger partial charge in [0.05, 0.1) is 12.5 Å². The van der Waals surface area contributed by atoms with Gasteiger partial charge in [0.1, 0.15) is 6.10 Å². The standard InChI is InChI=1S/C24H25ClN2O3S/c1-5-26-20(28)11-19-17-10-21(29)27(4)12-18(17)24-22(13(2)14(3)31-24)23(30-19)15-6-8-16(25)9-7-15/h6-10,12,19,23H,5,11H2,1-4H3,(H,26,28)/t19-,23-/m1/s1. The third kappa shape index (κ3) is 4.07. The summed E-state index contributed by atoms with van der Waals surface area (Å²) in [4.78, 5) is 27.3. The molecule has 1 aliphatic rings. The molecule has 3 heterocycles. The summed E-state index contributed by atoms with van der Waals surface area (Å²) in [5, 5.41) is 3.50. The molecule has 162 valence electrons. The average Bonchev–Trinajstić information content (AvgIpc) is 2.95. The van der Waals surface area contributed by atoms with Gasteiger partial charge in [0.25, 0.3) is 5.56 Å². The highest BCUT2D eigenvalue weighted by molar-refractivity contribution is 7.15. The van der Waals surface area contributed by atoms with E-state index < -0.39 is 6.10 Å². The number of benzene rings is 1. The monoisotopic (exact) mass is 456 g/mol. The van der Waals surface area contributed by atoms with Crippen molar-refractivity contribution in [2.75, 3.05) is 6.54 Å². The second-order valence-corrected chi connectivity index (χ2v) is 9.49.